The van der Waals surface area contributed by atoms with Crippen molar-refractivity contribution in [1.29, 1.82) is 0 Å². The first-order chi connectivity index (χ1) is 17.6. The SMILES string of the molecule is Cc1ccccc1-c1noc(C2CC2)c1/C=C/C1CCN(c2ccc3c(C(=O)O)nccc3c2)CC1. The molecule has 1 aliphatic heterocycles. The van der Waals surface area contributed by atoms with Crippen molar-refractivity contribution in [2.45, 2.75) is 38.5 Å². The molecular formula is C30H29N3O3. The average molecular weight is 480 g/mol. The van der Waals surface area contributed by atoms with Crippen LogP contribution in [-0.2, 0) is 0 Å². The van der Waals surface area contributed by atoms with E-state index in [2.05, 4.69) is 64.4 Å². The highest BCUT2D eigenvalue weighted by molar-refractivity contribution is 6.02. The Morgan fingerprint density at radius 2 is 1.89 bits per heavy atom. The van der Waals surface area contributed by atoms with Gasteiger partial charge in [0.15, 0.2) is 5.69 Å². The molecule has 0 radical (unpaired) electrons. The van der Waals surface area contributed by atoms with Crippen LogP contribution in [0.2, 0.25) is 0 Å². The largest absolute Gasteiger partial charge is 0.476 e. The van der Waals surface area contributed by atoms with Gasteiger partial charge in [-0.25, -0.2) is 9.78 Å². The van der Waals surface area contributed by atoms with Crippen LogP contribution in [-0.4, -0.2) is 34.3 Å². The maximum atomic E-state index is 11.5. The fourth-order valence-corrected chi connectivity index (χ4v) is 5.26. The van der Waals surface area contributed by atoms with E-state index >= 15 is 0 Å². The molecule has 2 aliphatic rings. The summed E-state index contributed by atoms with van der Waals surface area (Å²) >= 11 is 0. The number of anilines is 1. The van der Waals surface area contributed by atoms with Gasteiger partial charge in [0.05, 0.1) is 0 Å². The van der Waals surface area contributed by atoms with Gasteiger partial charge in [0, 0.05) is 47.4 Å². The zero-order chi connectivity index (χ0) is 24.6. The molecule has 0 spiro atoms. The monoisotopic (exact) mass is 479 g/mol. The third-order valence-corrected chi connectivity index (χ3v) is 7.49. The summed E-state index contributed by atoms with van der Waals surface area (Å²) in [6.45, 7) is 4.04. The van der Waals surface area contributed by atoms with Crippen LogP contribution in [0, 0.1) is 12.8 Å². The van der Waals surface area contributed by atoms with Crippen LogP contribution in [0.25, 0.3) is 28.1 Å². The number of fused-ring (bicyclic) bond motifs is 1. The molecule has 0 atom stereocenters. The number of aromatic nitrogens is 2. The lowest BCUT2D eigenvalue weighted by molar-refractivity contribution is 0.0693. The maximum Gasteiger partial charge on any atom is 0.355 e. The normalized spacial score (nSPS) is 16.8. The zero-order valence-electron chi connectivity index (χ0n) is 20.4. The van der Waals surface area contributed by atoms with E-state index in [1.165, 1.54) is 18.4 Å². The molecule has 0 unspecified atom stereocenters. The highest BCUT2D eigenvalue weighted by Crippen LogP contribution is 2.45. The first kappa shape index (κ1) is 22.5. The van der Waals surface area contributed by atoms with Crippen molar-refractivity contribution in [3.8, 4) is 11.3 Å². The van der Waals surface area contributed by atoms with E-state index in [1.807, 2.05) is 18.2 Å². The van der Waals surface area contributed by atoms with E-state index in [-0.39, 0.29) is 5.69 Å². The van der Waals surface area contributed by atoms with Gasteiger partial charge in [-0.3, -0.25) is 0 Å². The van der Waals surface area contributed by atoms with Gasteiger partial charge in [-0.05, 0) is 73.7 Å². The van der Waals surface area contributed by atoms with E-state index in [0.29, 0.717) is 17.2 Å². The van der Waals surface area contributed by atoms with Crippen molar-refractivity contribution in [2.75, 3.05) is 18.0 Å². The Bertz CT molecular complexity index is 1460. The lowest BCUT2D eigenvalue weighted by atomic mass is 9.93. The fourth-order valence-electron chi connectivity index (χ4n) is 5.26. The summed E-state index contributed by atoms with van der Waals surface area (Å²) in [6, 6.07) is 16.2. The first-order valence-electron chi connectivity index (χ1n) is 12.7. The number of benzene rings is 2. The van der Waals surface area contributed by atoms with Gasteiger partial charge < -0.3 is 14.5 Å². The smallest absolute Gasteiger partial charge is 0.355 e. The van der Waals surface area contributed by atoms with Crippen molar-refractivity contribution in [3.05, 3.63) is 83.4 Å². The minimum Gasteiger partial charge on any atom is -0.476 e. The third kappa shape index (κ3) is 4.28. The zero-order valence-corrected chi connectivity index (χ0v) is 20.4. The van der Waals surface area contributed by atoms with Gasteiger partial charge in [0.25, 0.3) is 0 Å². The molecular weight excluding hydrogens is 450 g/mol. The summed E-state index contributed by atoms with van der Waals surface area (Å²) in [7, 11) is 0. The fraction of sp³-hybridized carbons (Fsp3) is 0.300. The molecule has 1 saturated carbocycles. The van der Waals surface area contributed by atoms with Gasteiger partial charge in [-0.15, -0.1) is 0 Å². The Kier molecular flexibility index (Phi) is 5.80. The second-order valence-corrected chi connectivity index (χ2v) is 9.95. The van der Waals surface area contributed by atoms with E-state index in [0.717, 1.165) is 59.6 Å². The summed E-state index contributed by atoms with van der Waals surface area (Å²) in [5.74, 6) is 1.04. The molecule has 6 rings (SSSR count). The van der Waals surface area contributed by atoms with Gasteiger partial charge in [0.1, 0.15) is 11.5 Å². The number of aryl methyl sites for hydroxylation is 1. The lowest BCUT2D eigenvalue weighted by Gasteiger charge is -2.32. The number of rotatable bonds is 6. The van der Waals surface area contributed by atoms with Crippen molar-refractivity contribution in [1.82, 2.24) is 10.1 Å². The molecule has 4 aromatic rings. The number of nitrogens with zero attached hydrogens (tertiary/aromatic N) is 3. The van der Waals surface area contributed by atoms with Gasteiger partial charge in [-0.1, -0.05) is 41.6 Å². The summed E-state index contributed by atoms with van der Waals surface area (Å²) in [5.41, 5.74) is 5.68. The van der Waals surface area contributed by atoms with Gasteiger partial charge in [0.2, 0.25) is 0 Å². The summed E-state index contributed by atoms with van der Waals surface area (Å²) < 4.78 is 5.85. The second-order valence-electron chi connectivity index (χ2n) is 9.95. The highest BCUT2D eigenvalue weighted by Gasteiger charge is 2.32. The maximum absolute atomic E-state index is 11.5. The van der Waals surface area contributed by atoms with Crippen LogP contribution in [0.1, 0.15) is 59.0 Å². The number of carbonyl (C=O) groups is 1. The van der Waals surface area contributed by atoms with Crippen molar-refractivity contribution in [3.63, 3.8) is 0 Å². The van der Waals surface area contributed by atoms with E-state index in [1.54, 1.807) is 6.20 Å². The minimum atomic E-state index is -0.996. The number of carboxylic acids is 1. The lowest BCUT2D eigenvalue weighted by Crippen LogP contribution is -2.33. The van der Waals surface area contributed by atoms with Crippen LogP contribution in [0.3, 0.4) is 0 Å². The van der Waals surface area contributed by atoms with E-state index < -0.39 is 5.97 Å². The number of pyridine rings is 1. The molecule has 36 heavy (non-hydrogen) atoms. The highest BCUT2D eigenvalue weighted by atomic mass is 16.5. The van der Waals surface area contributed by atoms with Crippen molar-refractivity contribution in [2.24, 2.45) is 5.92 Å². The number of aromatic carboxylic acids is 1. The predicted molar refractivity (Wildman–Crippen MR) is 141 cm³/mol. The van der Waals surface area contributed by atoms with Crippen LogP contribution >= 0.6 is 0 Å². The number of allylic oxidation sites excluding steroid dienone is 1. The summed E-state index contributed by atoms with van der Waals surface area (Å²) in [6.07, 6.45) is 10.7. The van der Waals surface area contributed by atoms with Crippen LogP contribution in [0.5, 0.6) is 0 Å². The molecule has 2 aromatic heterocycles. The Labute approximate surface area is 210 Å². The second kappa shape index (κ2) is 9.26. The Morgan fingerprint density at radius 3 is 2.64 bits per heavy atom. The molecule has 1 saturated heterocycles. The summed E-state index contributed by atoms with van der Waals surface area (Å²) in [4.78, 5) is 17.9. The Morgan fingerprint density at radius 1 is 1.08 bits per heavy atom. The number of piperidine rings is 1. The van der Waals surface area contributed by atoms with Gasteiger partial charge >= 0.3 is 5.97 Å². The molecule has 1 aliphatic carbocycles. The number of hydrogen-bond donors (Lipinski definition) is 1. The Balaban J connectivity index is 1.19. The molecule has 3 heterocycles. The molecule has 182 valence electrons. The molecule has 0 amide bonds. The molecule has 6 nitrogen and oxygen atoms in total. The molecule has 2 aromatic carbocycles. The predicted octanol–water partition coefficient (Wildman–Crippen LogP) is 6.70. The molecule has 0 bridgehead atoms. The van der Waals surface area contributed by atoms with E-state index in [9.17, 15) is 9.90 Å². The van der Waals surface area contributed by atoms with Crippen LogP contribution < -0.4 is 4.90 Å². The Hall–Kier alpha value is -3.93. The first-order valence-corrected chi connectivity index (χ1v) is 12.7. The number of carboxylic acid groups (broad SMARTS) is 1. The van der Waals surface area contributed by atoms with Crippen LogP contribution in [0.4, 0.5) is 5.69 Å². The topological polar surface area (TPSA) is 79.5 Å². The third-order valence-electron chi connectivity index (χ3n) is 7.49. The van der Waals surface area contributed by atoms with Gasteiger partial charge in [-0.2, -0.15) is 0 Å². The standard InChI is InChI=1S/C30H29N3O3/c1-19-4-2-3-5-24(19)27-26(29(36-32-27)21-7-8-21)10-6-20-13-16-33(17-14-20)23-9-11-25-22(18-23)12-15-31-28(25)30(34)35/h2-6,9-12,15,18,20-21H,7-8,13-14,16-17H2,1H3,(H,34,35)/b10-6+. The molecule has 2 fully saturated rings. The molecule has 6 heteroatoms. The van der Waals surface area contributed by atoms with Crippen molar-refractivity contribution >= 4 is 28.5 Å². The quantitative estimate of drug-likeness (QED) is 0.331. The van der Waals surface area contributed by atoms with Crippen LogP contribution in [0.15, 0.2) is 65.3 Å². The summed E-state index contributed by atoms with van der Waals surface area (Å²) in [5, 5.41) is 15.5. The van der Waals surface area contributed by atoms with E-state index in [4.69, 9.17) is 4.52 Å². The average Bonchev–Trinajstić information content (AvgIpc) is 3.66. The molecule has 1 N–H and O–H groups in total. The minimum absolute atomic E-state index is 0.104. The number of hydrogen-bond acceptors (Lipinski definition) is 5. The van der Waals surface area contributed by atoms with Crippen molar-refractivity contribution < 1.29 is 14.4 Å².